The summed E-state index contributed by atoms with van der Waals surface area (Å²) in [7, 11) is 1.99. The summed E-state index contributed by atoms with van der Waals surface area (Å²) in [6.45, 7) is 1.09. The second-order valence-corrected chi connectivity index (χ2v) is 6.20. The molecule has 1 aromatic heterocycles. The molecule has 2 aliphatic rings. The largest absolute Gasteiger partial charge is 0.313 e. The maximum absolute atomic E-state index is 4.43. The van der Waals surface area contributed by atoms with Crippen LogP contribution in [0.5, 0.6) is 0 Å². The molecular formula is C15H25N3. The van der Waals surface area contributed by atoms with Gasteiger partial charge in [0.25, 0.3) is 0 Å². The highest BCUT2D eigenvalue weighted by molar-refractivity contribution is 5.03. The Bertz CT molecular complexity index is 390. The van der Waals surface area contributed by atoms with Gasteiger partial charge in [0.1, 0.15) is 0 Å². The third-order valence-electron chi connectivity index (χ3n) is 5.06. The maximum atomic E-state index is 4.43. The summed E-state index contributed by atoms with van der Waals surface area (Å²) in [5.74, 6) is 0. The Morgan fingerprint density at radius 1 is 1.33 bits per heavy atom. The van der Waals surface area contributed by atoms with Crippen molar-refractivity contribution in [3.63, 3.8) is 0 Å². The molecule has 18 heavy (non-hydrogen) atoms. The molecule has 1 atom stereocenters. The van der Waals surface area contributed by atoms with E-state index in [1.165, 1.54) is 50.6 Å². The second kappa shape index (κ2) is 5.04. The molecular weight excluding hydrogens is 222 g/mol. The summed E-state index contributed by atoms with van der Waals surface area (Å²) >= 11 is 0. The normalized spacial score (nSPS) is 26.2. The van der Waals surface area contributed by atoms with Gasteiger partial charge in [-0.1, -0.05) is 19.3 Å². The van der Waals surface area contributed by atoms with Crippen molar-refractivity contribution in [2.45, 2.75) is 57.4 Å². The summed E-state index contributed by atoms with van der Waals surface area (Å²) in [5.41, 5.74) is 1.89. The lowest BCUT2D eigenvalue weighted by Crippen LogP contribution is -2.54. The highest BCUT2D eigenvalue weighted by atomic mass is 15.2. The molecule has 0 saturated heterocycles. The molecule has 0 radical (unpaired) electrons. The van der Waals surface area contributed by atoms with E-state index in [-0.39, 0.29) is 0 Å². The summed E-state index contributed by atoms with van der Waals surface area (Å²) < 4.78 is 1.89. The average molecular weight is 247 g/mol. The third kappa shape index (κ3) is 2.33. The number of nitrogens with zero attached hydrogens (tertiary/aromatic N) is 2. The molecule has 1 aromatic rings. The molecule has 0 amide bonds. The van der Waals surface area contributed by atoms with Crippen molar-refractivity contribution < 1.29 is 0 Å². The van der Waals surface area contributed by atoms with E-state index in [1.54, 1.807) is 0 Å². The van der Waals surface area contributed by atoms with E-state index in [2.05, 4.69) is 16.5 Å². The number of aryl methyl sites for hydroxylation is 1. The van der Waals surface area contributed by atoms with E-state index in [0.717, 1.165) is 19.0 Å². The van der Waals surface area contributed by atoms with Crippen LogP contribution >= 0.6 is 0 Å². The predicted molar refractivity (Wildman–Crippen MR) is 73.5 cm³/mol. The molecule has 100 valence electrons. The summed E-state index contributed by atoms with van der Waals surface area (Å²) in [6.07, 6.45) is 13.3. The van der Waals surface area contributed by atoms with Crippen molar-refractivity contribution in [3.8, 4) is 0 Å². The van der Waals surface area contributed by atoms with E-state index < -0.39 is 0 Å². The van der Waals surface area contributed by atoms with Crippen LogP contribution in [0.3, 0.4) is 0 Å². The Balaban J connectivity index is 1.46. The minimum atomic E-state index is 0.683. The lowest BCUT2D eigenvalue weighted by Gasteiger charge is -2.52. The number of hydrogen-bond acceptors (Lipinski definition) is 2. The van der Waals surface area contributed by atoms with Crippen molar-refractivity contribution in [3.05, 3.63) is 18.0 Å². The third-order valence-corrected chi connectivity index (χ3v) is 5.06. The van der Waals surface area contributed by atoms with Gasteiger partial charge >= 0.3 is 0 Å². The maximum Gasteiger partial charge on any atom is 0.0637 e. The summed E-state index contributed by atoms with van der Waals surface area (Å²) in [6, 6.07) is 2.92. The van der Waals surface area contributed by atoms with E-state index in [4.69, 9.17) is 0 Å². The number of rotatable bonds is 4. The zero-order chi connectivity index (χ0) is 12.4. The fourth-order valence-electron chi connectivity index (χ4n) is 3.84. The highest BCUT2D eigenvalue weighted by Crippen LogP contribution is 2.51. The summed E-state index contributed by atoms with van der Waals surface area (Å²) in [4.78, 5) is 0. The number of aromatic nitrogens is 2. The van der Waals surface area contributed by atoms with Gasteiger partial charge < -0.3 is 5.32 Å². The van der Waals surface area contributed by atoms with Gasteiger partial charge in [-0.05, 0) is 37.2 Å². The van der Waals surface area contributed by atoms with E-state index >= 15 is 0 Å². The van der Waals surface area contributed by atoms with Gasteiger partial charge in [-0.2, -0.15) is 5.10 Å². The molecule has 1 N–H and O–H groups in total. The minimum absolute atomic E-state index is 0.683. The monoisotopic (exact) mass is 247 g/mol. The Hall–Kier alpha value is -0.830. The fourth-order valence-corrected chi connectivity index (χ4v) is 3.84. The van der Waals surface area contributed by atoms with E-state index in [9.17, 15) is 0 Å². The van der Waals surface area contributed by atoms with Crippen LogP contribution < -0.4 is 5.32 Å². The van der Waals surface area contributed by atoms with Gasteiger partial charge in [-0.25, -0.2) is 0 Å². The Kier molecular flexibility index (Phi) is 3.42. The van der Waals surface area contributed by atoms with Crippen molar-refractivity contribution in [1.82, 2.24) is 15.1 Å². The first-order valence-corrected chi connectivity index (χ1v) is 7.50. The van der Waals surface area contributed by atoms with Crippen LogP contribution in [0.2, 0.25) is 0 Å². The van der Waals surface area contributed by atoms with Crippen LogP contribution in [0.15, 0.2) is 12.3 Å². The molecule has 3 rings (SSSR count). The highest BCUT2D eigenvalue weighted by Gasteiger charge is 2.46. The van der Waals surface area contributed by atoms with Crippen molar-refractivity contribution in [1.29, 1.82) is 0 Å². The van der Waals surface area contributed by atoms with Crippen molar-refractivity contribution >= 4 is 0 Å². The second-order valence-electron chi connectivity index (χ2n) is 6.20. The quantitative estimate of drug-likeness (QED) is 0.886. The molecule has 2 saturated carbocycles. The first-order valence-electron chi connectivity index (χ1n) is 7.50. The van der Waals surface area contributed by atoms with Crippen LogP contribution in [0, 0.1) is 5.41 Å². The molecule has 0 aromatic carbocycles. The van der Waals surface area contributed by atoms with Crippen LogP contribution in [0.25, 0.3) is 0 Å². The number of hydrogen-bond donors (Lipinski definition) is 1. The smallest absolute Gasteiger partial charge is 0.0637 e. The minimum Gasteiger partial charge on any atom is -0.313 e. The summed E-state index contributed by atoms with van der Waals surface area (Å²) in [5, 5.41) is 8.22. The van der Waals surface area contributed by atoms with Gasteiger partial charge in [-0.15, -0.1) is 0 Å². The molecule has 2 fully saturated rings. The molecule has 1 spiro atoms. The molecule has 0 bridgehead atoms. The molecule has 1 heterocycles. The zero-order valence-electron chi connectivity index (χ0n) is 11.5. The van der Waals surface area contributed by atoms with Crippen molar-refractivity contribution in [2.75, 3.05) is 6.54 Å². The SMILES string of the molecule is Cn1ccc(CCNC2CCC23CCCCC3)n1. The van der Waals surface area contributed by atoms with Gasteiger partial charge in [0.2, 0.25) is 0 Å². The van der Waals surface area contributed by atoms with Gasteiger partial charge in [0, 0.05) is 32.3 Å². The molecule has 3 nitrogen and oxygen atoms in total. The standard InChI is InChI=1S/C15H25N3/c1-18-12-7-13(17-18)6-11-16-14-5-10-15(14)8-3-2-4-9-15/h7,12,14,16H,2-6,8-11H2,1H3. The Morgan fingerprint density at radius 3 is 2.78 bits per heavy atom. The zero-order valence-corrected chi connectivity index (χ0v) is 11.5. The van der Waals surface area contributed by atoms with Gasteiger partial charge in [0.05, 0.1) is 5.69 Å². The molecule has 0 aliphatic heterocycles. The topological polar surface area (TPSA) is 29.9 Å². The predicted octanol–water partition coefficient (Wildman–Crippen LogP) is 2.67. The van der Waals surface area contributed by atoms with E-state index in [1.807, 2.05) is 17.9 Å². The van der Waals surface area contributed by atoms with Gasteiger partial charge in [0.15, 0.2) is 0 Å². The molecule has 2 aliphatic carbocycles. The Labute approximate surface area is 110 Å². The lowest BCUT2D eigenvalue weighted by atomic mass is 9.57. The van der Waals surface area contributed by atoms with Gasteiger partial charge in [-0.3, -0.25) is 4.68 Å². The number of nitrogens with one attached hydrogen (secondary N) is 1. The first-order chi connectivity index (χ1) is 8.78. The van der Waals surface area contributed by atoms with Crippen LogP contribution in [0.1, 0.15) is 50.6 Å². The first kappa shape index (κ1) is 12.2. The van der Waals surface area contributed by atoms with Crippen LogP contribution in [0.4, 0.5) is 0 Å². The van der Waals surface area contributed by atoms with Crippen LogP contribution in [-0.2, 0) is 13.5 Å². The fraction of sp³-hybridized carbons (Fsp3) is 0.800. The Morgan fingerprint density at radius 2 is 2.17 bits per heavy atom. The molecule has 3 heteroatoms. The molecule has 1 unspecified atom stereocenters. The van der Waals surface area contributed by atoms with E-state index in [0.29, 0.717) is 5.41 Å². The van der Waals surface area contributed by atoms with Crippen molar-refractivity contribution in [2.24, 2.45) is 12.5 Å². The lowest BCUT2D eigenvalue weighted by molar-refractivity contribution is 0.0236. The average Bonchev–Trinajstić information content (AvgIpc) is 2.80. The van der Waals surface area contributed by atoms with Crippen LogP contribution in [-0.4, -0.2) is 22.4 Å².